The zero-order valence-electron chi connectivity index (χ0n) is 21.7. The van der Waals surface area contributed by atoms with Gasteiger partial charge in [-0.05, 0) is 38.3 Å². The first-order chi connectivity index (χ1) is 17.9. The minimum atomic E-state index is -0.812. The highest BCUT2D eigenvalue weighted by Gasteiger charge is 2.73. The van der Waals surface area contributed by atoms with E-state index in [0.29, 0.717) is 39.0 Å². The van der Waals surface area contributed by atoms with Crippen LogP contribution in [0, 0.1) is 11.8 Å². The van der Waals surface area contributed by atoms with Crippen LogP contribution in [0.1, 0.15) is 39.5 Å². The molecule has 0 radical (unpaired) electrons. The van der Waals surface area contributed by atoms with Crippen molar-refractivity contribution in [1.29, 1.82) is 0 Å². The number of amides is 3. The zero-order chi connectivity index (χ0) is 26.2. The van der Waals surface area contributed by atoms with E-state index < -0.39 is 27.4 Å². The summed E-state index contributed by atoms with van der Waals surface area (Å²) in [6.07, 6.45) is 11.3. The van der Waals surface area contributed by atoms with Crippen LogP contribution < -0.4 is 4.90 Å². The minimum Gasteiger partial charge on any atom is -0.396 e. The molecule has 1 aromatic carbocycles. The van der Waals surface area contributed by atoms with Gasteiger partial charge < -0.3 is 19.8 Å². The lowest BCUT2D eigenvalue weighted by molar-refractivity contribution is -0.142. The number of hydrogen-bond donors (Lipinski definition) is 1. The highest BCUT2D eigenvalue weighted by Crippen LogP contribution is 2.65. The third-order valence-electron chi connectivity index (χ3n) is 8.30. The summed E-state index contributed by atoms with van der Waals surface area (Å²) < 4.78 is -1.42. The third kappa shape index (κ3) is 4.22. The summed E-state index contributed by atoms with van der Waals surface area (Å²) in [5, 5.41) is 9.37. The second-order valence-corrected chi connectivity index (χ2v) is 12.5. The number of carbonyl (C=O) groups excluding carboxylic acids is 3. The molecule has 3 amide bonds. The Hall–Kier alpha value is -2.58. The van der Waals surface area contributed by atoms with Crippen LogP contribution >= 0.6 is 11.8 Å². The van der Waals surface area contributed by atoms with Gasteiger partial charge in [0.25, 0.3) is 0 Å². The van der Waals surface area contributed by atoms with Crippen molar-refractivity contribution in [3.05, 3.63) is 54.6 Å². The molecule has 1 spiro atoms. The number of anilines is 1. The minimum absolute atomic E-state index is 0.0257. The molecule has 0 saturated carbocycles. The molecule has 1 N–H and O–H groups in total. The van der Waals surface area contributed by atoms with Crippen LogP contribution in [0.3, 0.4) is 0 Å². The summed E-state index contributed by atoms with van der Waals surface area (Å²) >= 11 is 1.62. The first-order valence-corrected chi connectivity index (χ1v) is 14.3. The first kappa shape index (κ1) is 26.0. The highest BCUT2D eigenvalue weighted by atomic mass is 32.2. The van der Waals surface area contributed by atoms with Crippen molar-refractivity contribution in [3.63, 3.8) is 0 Å². The van der Waals surface area contributed by atoms with E-state index in [1.165, 1.54) is 0 Å². The summed E-state index contributed by atoms with van der Waals surface area (Å²) in [6, 6.07) is 8.95. The van der Waals surface area contributed by atoms with Crippen LogP contribution in [0.4, 0.5) is 5.69 Å². The number of hydrogen-bond acceptors (Lipinski definition) is 5. The van der Waals surface area contributed by atoms with E-state index in [4.69, 9.17) is 0 Å². The second-order valence-electron chi connectivity index (χ2n) is 10.7. The molecule has 4 aliphatic heterocycles. The number of rotatable bonds is 8. The number of para-hydroxylation sites is 1. The Morgan fingerprint density at radius 1 is 0.919 bits per heavy atom. The predicted octanol–water partition coefficient (Wildman–Crippen LogP) is 3.25. The van der Waals surface area contributed by atoms with Gasteiger partial charge in [0, 0.05) is 43.2 Å². The Labute approximate surface area is 223 Å². The normalized spacial score (nSPS) is 32.9. The van der Waals surface area contributed by atoms with Crippen LogP contribution in [0.2, 0.25) is 0 Å². The summed E-state index contributed by atoms with van der Waals surface area (Å²) in [4.78, 5) is 48.1. The van der Waals surface area contributed by atoms with Gasteiger partial charge in [-0.25, -0.2) is 0 Å². The monoisotopic (exact) mass is 523 g/mol. The van der Waals surface area contributed by atoms with E-state index in [0.717, 1.165) is 18.5 Å². The van der Waals surface area contributed by atoms with Crippen molar-refractivity contribution in [2.75, 3.05) is 37.7 Å². The molecule has 1 aromatic rings. The van der Waals surface area contributed by atoms with Gasteiger partial charge in [-0.1, -0.05) is 55.8 Å². The van der Waals surface area contributed by atoms with Crippen LogP contribution in [0.15, 0.2) is 54.6 Å². The zero-order valence-corrected chi connectivity index (χ0v) is 22.5. The molecule has 4 aliphatic rings. The number of thioether (sulfide) groups is 1. The number of nitrogens with zero attached hydrogens (tertiary/aromatic N) is 3. The Bertz CT molecular complexity index is 1110. The molecule has 7 nitrogen and oxygen atoms in total. The van der Waals surface area contributed by atoms with Gasteiger partial charge in [0.2, 0.25) is 17.7 Å². The van der Waals surface area contributed by atoms with Gasteiger partial charge in [0.05, 0.1) is 16.6 Å². The number of fused-ring (bicyclic) bond motifs is 2. The quantitative estimate of drug-likeness (QED) is 0.418. The summed E-state index contributed by atoms with van der Waals surface area (Å²) in [7, 11) is 0. The van der Waals surface area contributed by atoms with Crippen molar-refractivity contribution in [2.24, 2.45) is 11.8 Å². The van der Waals surface area contributed by atoms with Gasteiger partial charge in [0.1, 0.15) is 6.04 Å². The summed E-state index contributed by atoms with van der Waals surface area (Å²) in [5.74, 6) is -1.42. The second kappa shape index (κ2) is 10.3. The maximum absolute atomic E-state index is 14.3. The van der Waals surface area contributed by atoms with E-state index in [1.54, 1.807) is 21.6 Å². The molecule has 1 unspecified atom stereocenters. The van der Waals surface area contributed by atoms with E-state index in [2.05, 4.69) is 26.0 Å². The van der Waals surface area contributed by atoms with E-state index in [9.17, 15) is 19.5 Å². The molecule has 0 bridgehead atoms. The molecule has 5 rings (SSSR count). The molecule has 4 heterocycles. The van der Waals surface area contributed by atoms with Gasteiger partial charge in [-0.3, -0.25) is 14.4 Å². The van der Waals surface area contributed by atoms with Crippen molar-refractivity contribution >= 4 is 35.2 Å². The molecular formula is C29H37N3O4S. The van der Waals surface area contributed by atoms with Gasteiger partial charge in [0.15, 0.2) is 0 Å². The van der Waals surface area contributed by atoms with E-state index >= 15 is 0 Å². The number of aliphatic hydroxyl groups excluding tert-OH is 1. The van der Waals surface area contributed by atoms with Crippen LogP contribution in [0.5, 0.6) is 0 Å². The lowest BCUT2D eigenvalue weighted by atomic mass is 9.74. The van der Waals surface area contributed by atoms with Crippen LogP contribution in [0.25, 0.3) is 0 Å². The Kier molecular flexibility index (Phi) is 7.24. The fraction of sp³-hybridized carbons (Fsp3) is 0.552. The molecule has 2 saturated heterocycles. The predicted molar refractivity (Wildman–Crippen MR) is 146 cm³/mol. The maximum atomic E-state index is 14.3. The number of likely N-dealkylation sites (tertiary alicyclic amines) is 1. The molecule has 37 heavy (non-hydrogen) atoms. The SMILES string of the molecule is CCCCN1CC=C[C@]23S[C@@]4(C)C=CCN(c5ccccc5)C(=O)[C@H]4[C@H]2C(=O)N(CCCCO)C3C1=O. The Balaban J connectivity index is 1.59. The fourth-order valence-electron chi connectivity index (χ4n) is 6.59. The first-order valence-electron chi connectivity index (χ1n) is 13.5. The highest BCUT2D eigenvalue weighted by molar-refractivity contribution is 8.02. The molecule has 8 heteroatoms. The number of unbranched alkanes of at least 4 members (excludes halogenated alkanes) is 2. The molecule has 198 valence electrons. The Morgan fingerprint density at radius 3 is 2.41 bits per heavy atom. The summed E-state index contributed by atoms with van der Waals surface area (Å²) in [6.45, 7) is 6.23. The number of benzene rings is 1. The Morgan fingerprint density at radius 2 is 1.68 bits per heavy atom. The number of aliphatic hydroxyl groups is 1. The smallest absolute Gasteiger partial charge is 0.247 e. The molecule has 5 atom stereocenters. The largest absolute Gasteiger partial charge is 0.396 e. The average Bonchev–Trinajstić information content (AvgIpc) is 3.15. The standard InChI is InChI=1S/C29H37N3O4S/c1-3-4-16-30-17-11-15-29-23(26(35)32(18-8-9-20-33)24(29)27(30)36)22-25(34)31(21-12-6-5-7-13-21)19-10-14-28(22,2)37-29/h5-7,10-15,22-24,33H,3-4,8-9,16-20H2,1-2H3/t22-,23+,24?,28+,29+/m1/s1. The lowest BCUT2D eigenvalue weighted by Gasteiger charge is -2.37. The van der Waals surface area contributed by atoms with Gasteiger partial charge in [-0.15, -0.1) is 11.8 Å². The molecule has 2 fully saturated rings. The lowest BCUT2D eigenvalue weighted by Crippen LogP contribution is -2.53. The van der Waals surface area contributed by atoms with Crippen molar-refractivity contribution in [3.8, 4) is 0 Å². The topological polar surface area (TPSA) is 81.2 Å². The van der Waals surface area contributed by atoms with E-state index in [1.807, 2.05) is 47.4 Å². The number of carbonyl (C=O) groups is 3. The summed E-state index contributed by atoms with van der Waals surface area (Å²) in [5.41, 5.74) is 0.812. The van der Waals surface area contributed by atoms with Gasteiger partial charge >= 0.3 is 0 Å². The fourth-order valence-corrected chi connectivity index (χ4v) is 8.75. The van der Waals surface area contributed by atoms with Crippen molar-refractivity contribution in [1.82, 2.24) is 9.80 Å². The van der Waals surface area contributed by atoms with Crippen LogP contribution in [-0.4, -0.2) is 80.9 Å². The molecule has 0 aromatic heterocycles. The molecular weight excluding hydrogens is 486 g/mol. The van der Waals surface area contributed by atoms with Gasteiger partial charge in [-0.2, -0.15) is 0 Å². The van der Waals surface area contributed by atoms with Crippen molar-refractivity contribution in [2.45, 2.75) is 55.1 Å². The third-order valence-corrected chi connectivity index (χ3v) is 10.1. The van der Waals surface area contributed by atoms with Crippen LogP contribution in [-0.2, 0) is 14.4 Å². The van der Waals surface area contributed by atoms with E-state index in [-0.39, 0.29) is 24.3 Å². The molecule has 0 aliphatic carbocycles. The average molecular weight is 524 g/mol. The van der Waals surface area contributed by atoms with Crippen molar-refractivity contribution < 1.29 is 19.5 Å². The maximum Gasteiger partial charge on any atom is 0.247 e.